The topological polar surface area (TPSA) is 80.9 Å². The van der Waals surface area contributed by atoms with Crippen molar-refractivity contribution in [1.82, 2.24) is 29.4 Å². The molecule has 9 heteroatoms. The van der Waals surface area contributed by atoms with Gasteiger partial charge in [-0.15, -0.1) is 10.2 Å². The Balaban J connectivity index is 1.26. The number of likely N-dealkylation sites (tertiary alicyclic amines) is 1. The molecule has 1 amide bonds. The monoisotopic (exact) mass is 423 g/mol. The number of fused-ring (bicyclic) bond motifs is 2. The second-order valence-electron chi connectivity index (χ2n) is 8.86. The Morgan fingerprint density at radius 3 is 2.84 bits per heavy atom. The summed E-state index contributed by atoms with van der Waals surface area (Å²) in [5.41, 5.74) is 1.63. The van der Waals surface area contributed by atoms with Gasteiger partial charge in [0.2, 0.25) is 5.82 Å². The average molecular weight is 423 g/mol. The maximum absolute atomic E-state index is 13.4. The summed E-state index contributed by atoms with van der Waals surface area (Å²) in [5, 5.41) is 15.6. The normalized spacial score (nSPS) is 20.6. The summed E-state index contributed by atoms with van der Waals surface area (Å²) in [6.45, 7) is 7.83. The SMILES string of the molecule is CC(C)n1cc(CN2C[C@@H]3Cn4c(nnc4C(=O)Nc4cccc(F)c4)C[C@H]3C2)cn1. The average Bonchev–Trinajstić information content (AvgIpc) is 3.43. The van der Waals surface area contributed by atoms with E-state index >= 15 is 0 Å². The van der Waals surface area contributed by atoms with E-state index in [0.29, 0.717) is 23.6 Å². The molecule has 2 aliphatic rings. The number of carbonyl (C=O) groups is 1. The van der Waals surface area contributed by atoms with E-state index in [9.17, 15) is 9.18 Å². The van der Waals surface area contributed by atoms with E-state index in [0.717, 1.165) is 38.4 Å². The van der Waals surface area contributed by atoms with E-state index in [1.807, 2.05) is 15.4 Å². The van der Waals surface area contributed by atoms with Crippen molar-refractivity contribution in [1.29, 1.82) is 0 Å². The zero-order chi connectivity index (χ0) is 21.5. The van der Waals surface area contributed by atoms with E-state index in [2.05, 4.69) is 45.6 Å². The van der Waals surface area contributed by atoms with Crippen LogP contribution in [0.3, 0.4) is 0 Å². The molecule has 0 spiro atoms. The van der Waals surface area contributed by atoms with Gasteiger partial charge >= 0.3 is 0 Å². The number of nitrogens with one attached hydrogen (secondary N) is 1. The number of anilines is 1. The minimum atomic E-state index is -0.395. The molecule has 0 saturated carbocycles. The van der Waals surface area contributed by atoms with Crippen molar-refractivity contribution in [2.45, 2.75) is 39.4 Å². The fraction of sp³-hybridized carbons (Fsp3) is 0.455. The van der Waals surface area contributed by atoms with Crippen molar-refractivity contribution in [3.63, 3.8) is 0 Å². The van der Waals surface area contributed by atoms with Crippen molar-refractivity contribution >= 4 is 11.6 Å². The van der Waals surface area contributed by atoms with E-state index in [4.69, 9.17) is 0 Å². The lowest BCUT2D eigenvalue weighted by molar-refractivity contribution is 0.100. The maximum Gasteiger partial charge on any atom is 0.293 e. The molecule has 2 aliphatic heterocycles. The number of rotatable bonds is 5. The summed E-state index contributed by atoms with van der Waals surface area (Å²) in [6.07, 6.45) is 4.88. The Morgan fingerprint density at radius 2 is 2.06 bits per heavy atom. The maximum atomic E-state index is 13.4. The molecule has 3 aromatic rings. The number of benzene rings is 1. The molecule has 4 heterocycles. The first-order chi connectivity index (χ1) is 15.0. The van der Waals surface area contributed by atoms with Gasteiger partial charge in [-0.3, -0.25) is 14.4 Å². The second kappa shape index (κ2) is 7.88. The van der Waals surface area contributed by atoms with Crippen molar-refractivity contribution in [2.75, 3.05) is 18.4 Å². The molecule has 0 radical (unpaired) electrons. The highest BCUT2D eigenvalue weighted by Gasteiger charge is 2.39. The van der Waals surface area contributed by atoms with Crippen LogP contribution < -0.4 is 5.32 Å². The van der Waals surface area contributed by atoms with E-state index in [-0.39, 0.29) is 11.7 Å². The second-order valence-corrected chi connectivity index (χ2v) is 8.86. The van der Waals surface area contributed by atoms with Gasteiger partial charge in [0.25, 0.3) is 5.91 Å². The molecule has 31 heavy (non-hydrogen) atoms. The Labute approximate surface area is 180 Å². The van der Waals surface area contributed by atoms with Gasteiger partial charge in [0.05, 0.1) is 6.20 Å². The molecule has 1 aromatic carbocycles. The molecule has 1 N–H and O–H groups in total. The molecule has 0 unspecified atom stereocenters. The highest BCUT2D eigenvalue weighted by atomic mass is 19.1. The van der Waals surface area contributed by atoms with Crippen LogP contribution >= 0.6 is 0 Å². The Morgan fingerprint density at radius 1 is 1.23 bits per heavy atom. The van der Waals surface area contributed by atoms with Gasteiger partial charge in [-0.2, -0.15) is 5.10 Å². The van der Waals surface area contributed by atoms with Gasteiger partial charge in [-0.25, -0.2) is 4.39 Å². The molecule has 0 aliphatic carbocycles. The third kappa shape index (κ3) is 3.97. The molecule has 8 nitrogen and oxygen atoms in total. The lowest BCUT2D eigenvalue weighted by atomic mass is 9.89. The van der Waals surface area contributed by atoms with Crippen molar-refractivity contribution in [3.8, 4) is 0 Å². The van der Waals surface area contributed by atoms with Gasteiger partial charge in [-0.05, 0) is 43.9 Å². The first kappa shape index (κ1) is 19.9. The number of hydrogen-bond donors (Lipinski definition) is 1. The summed E-state index contributed by atoms with van der Waals surface area (Å²) in [5.74, 6) is 1.34. The third-order valence-electron chi connectivity index (χ3n) is 6.22. The summed E-state index contributed by atoms with van der Waals surface area (Å²) < 4.78 is 17.3. The van der Waals surface area contributed by atoms with Crippen LogP contribution in [0.4, 0.5) is 10.1 Å². The van der Waals surface area contributed by atoms with Gasteiger partial charge in [0.15, 0.2) is 0 Å². The van der Waals surface area contributed by atoms with Crippen LogP contribution in [-0.4, -0.2) is 48.4 Å². The smallest absolute Gasteiger partial charge is 0.293 e. The van der Waals surface area contributed by atoms with Gasteiger partial charge < -0.3 is 9.88 Å². The number of nitrogens with zero attached hydrogens (tertiary/aromatic N) is 6. The first-order valence-electron chi connectivity index (χ1n) is 10.7. The predicted octanol–water partition coefficient (Wildman–Crippen LogP) is 2.75. The molecule has 2 aromatic heterocycles. The Kier molecular flexibility index (Phi) is 5.05. The number of hydrogen-bond acceptors (Lipinski definition) is 5. The van der Waals surface area contributed by atoms with E-state index < -0.39 is 5.82 Å². The minimum Gasteiger partial charge on any atom is -0.319 e. The third-order valence-corrected chi connectivity index (χ3v) is 6.22. The molecule has 5 rings (SSSR count). The molecular formula is C22H26FN7O. The fourth-order valence-corrected chi connectivity index (χ4v) is 4.67. The van der Waals surface area contributed by atoms with Crippen molar-refractivity contribution in [3.05, 3.63) is 59.7 Å². The summed E-state index contributed by atoms with van der Waals surface area (Å²) in [4.78, 5) is 15.2. The summed E-state index contributed by atoms with van der Waals surface area (Å²) >= 11 is 0. The quantitative estimate of drug-likeness (QED) is 0.683. The summed E-state index contributed by atoms with van der Waals surface area (Å²) in [7, 11) is 0. The molecule has 1 saturated heterocycles. The van der Waals surface area contributed by atoms with Gasteiger partial charge in [-0.1, -0.05) is 6.07 Å². The Bertz CT molecular complexity index is 1100. The van der Waals surface area contributed by atoms with Crippen LogP contribution in [-0.2, 0) is 19.5 Å². The largest absolute Gasteiger partial charge is 0.319 e. The fourth-order valence-electron chi connectivity index (χ4n) is 4.67. The van der Waals surface area contributed by atoms with Crippen molar-refractivity contribution < 1.29 is 9.18 Å². The number of aromatic nitrogens is 5. The van der Waals surface area contributed by atoms with Crippen LogP contribution in [0.15, 0.2) is 36.7 Å². The standard InChI is InChI=1S/C22H26FN7O/c1-14(2)30-10-15(8-24-30)9-28-11-16-6-20-26-27-21(29(20)13-17(16)12-28)22(31)25-19-5-3-4-18(23)7-19/h3-5,7-8,10,14,16-17H,6,9,11-13H2,1-2H3,(H,25,31)/t16-,17+/m0/s1. The molecular weight excluding hydrogens is 397 g/mol. The zero-order valence-corrected chi connectivity index (χ0v) is 17.7. The van der Waals surface area contributed by atoms with Crippen LogP contribution in [0, 0.1) is 17.7 Å². The molecule has 2 atom stereocenters. The van der Waals surface area contributed by atoms with Crippen LogP contribution in [0.25, 0.3) is 0 Å². The highest BCUT2D eigenvalue weighted by Crippen LogP contribution is 2.33. The molecule has 1 fully saturated rings. The van der Waals surface area contributed by atoms with Crippen molar-refractivity contribution in [2.24, 2.45) is 11.8 Å². The first-order valence-corrected chi connectivity index (χ1v) is 10.7. The zero-order valence-electron chi connectivity index (χ0n) is 17.7. The van der Waals surface area contributed by atoms with E-state index in [1.54, 1.807) is 12.1 Å². The summed E-state index contributed by atoms with van der Waals surface area (Å²) in [6, 6.07) is 6.20. The lowest BCUT2D eigenvalue weighted by Gasteiger charge is -2.25. The number of carbonyl (C=O) groups excluding carboxylic acids is 1. The molecule has 162 valence electrons. The van der Waals surface area contributed by atoms with Gasteiger partial charge in [0, 0.05) is 56.1 Å². The van der Waals surface area contributed by atoms with E-state index in [1.165, 1.54) is 17.7 Å². The minimum absolute atomic E-state index is 0.286. The van der Waals surface area contributed by atoms with Crippen LogP contribution in [0.2, 0.25) is 0 Å². The number of halogens is 1. The molecule has 0 bridgehead atoms. The highest BCUT2D eigenvalue weighted by molar-refractivity contribution is 6.01. The Hall–Kier alpha value is -3.07. The lowest BCUT2D eigenvalue weighted by Crippen LogP contribution is -2.31. The number of amides is 1. The van der Waals surface area contributed by atoms with Gasteiger partial charge in [0.1, 0.15) is 11.6 Å². The predicted molar refractivity (Wildman–Crippen MR) is 113 cm³/mol. The van der Waals surface area contributed by atoms with Crippen LogP contribution in [0.5, 0.6) is 0 Å². The van der Waals surface area contributed by atoms with Crippen LogP contribution in [0.1, 0.15) is 41.9 Å².